The second-order valence-electron chi connectivity index (χ2n) is 5.63. The first kappa shape index (κ1) is 14.8. The highest BCUT2D eigenvalue weighted by Crippen LogP contribution is 2.24. The van der Waals surface area contributed by atoms with E-state index in [9.17, 15) is 4.79 Å². The molecule has 1 aliphatic heterocycles. The van der Waals surface area contributed by atoms with E-state index in [1.54, 1.807) is 29.2 Å². The highest BCUT2D eigenvalue weighted by atomic mass is 35.5. The lowest BCUT2D eigenvalue weighted by atomic mass is 10.1. The summed E-state index contributed by atoms with van der Waals surface area (Å²) in [4.78, 5) is 22.5. The van der Waals surface area contributed by atoms with Gasteiger partial charge in [-0.05, 0) is 6.07 Å². The Labute approximate surface area is 143 Å². The normalized spacial score (nSPS) is 14.5. The van der Waals surface area contributed by atoms with Crippen LogP contribution in [0.4, 0.5) is 5.95 Å². The maximum Gasteiger partial charge on any atom is 0.267 e. The second kappa shape index (κ2) is 6.05. The first-order chi connectivity index (χ1) is 11.7. The fourth-order valence-corrected chi connectivity index (χ4v) is 2.79. The van der Waals surface area contributed by atoms with Gasteiger partial charge in [-0.2, -0.15) is 5.10 Å². The summed E-state index contributed by atoms with van der Waals surface area (Å²) >= 11 is 5.80. The van der Waals surface area contributed by atoms with Crippen molar-refractivity contribution in [3.05, 3.63) is 70.2 Å². The van der Waals surface area contributed by atoms with Crippen LogP contribution in [0, 0.1) is 0 Å². The van der Waals surface area contributed by atoms with Crippen molar-refractivity contribution in [2.24, 2.45) is 0 Å². The Morgan fingerprint density at radius 2 is 1.71 bits per heavy atom. The van der Waals surface area contributed by atoms with Gasteiger partial charge in [0.2, 0.25) is 5.95 Å². The van der Waals surface area contributed by atoms with E-state index in [0.29, 0.717) is 24.1 Å². The molecule has 7 heteroatoms. The number of benzene rings is 1. The summed E-state index contributed by atoms with van der Waals surface area (Å²) in [5.41, 5.74) is 1.68. The summed E-state index contributed by atoms with van der Waals surface area (Å²) in [6, 6.07) is 13.2. The molecule has 0 bridgehead atoms. The third-order valence-electron chi connectivity index (χ3n) is 3.99. The smallest absolute Gasteiger partial charge is 0.267 e. The summed E-state index contributed by atoms with van der Waals surface area (Å²) in [5.74, 6) is 0.614. The highest BCUT2D eigenvalue weighted by Gasteiger charge is 2.31. The largest absolute Gasteiger partial charge is 0.336 e. The molecule has 1 aliphatic rings. The minimum absolute atomic E-state index is 0.0143. The van der Waals surface area contributed by atoms with Crippen LogP contribution in [0.1, 0.15) is 6.04 Å². The Bertz CT molecular complexity index is 904. The molecule has 1 saturated heterocycles. The number of anilines is 1. The molecule has 1 fully saturated rings. The molecule has 3 heterocycles. The molecule has 2 aromatic heterocycles. The third-order valence-corrected chi connectivity index (χ3v) is 4.19. The lowest BCUT2D eigenvalue weighted by molar-refractivity contribution is 0.350. The van der Waals surface area contributed by atoms with Crippen LogP contribution in [0.3, 0.4) is 0 Å². The number of hydrogen-bond acceptors (Lipinski definition) is 5. The summed E-state index contributed by atoms with van der Waals surface area (Å²) in [7, 11) is 0. The van der Waals surface area contributed by atoms with E-state index in [4.69, 9.17) is 11.6 Å². The van der Waals surface area contributed by atoms with Crippen LogP contribution in [0.15, 0.2) is 59.7 Å². The fraction of sp³-hybridized carbons (Fsp3) is 0.176. The molecule has 3 aromatic rings. The zero-order valence-corrected chi connectivity index (χ0v) is 13.5. The number of hydrogen-bond donors (Lipinski definition) is 0. The lowest BCUT2D eigenvalue weighted by Crippen LogP contribution is -2.51. The van der Waals surface area contributed by atoms with Gasteiger partial charge in [-0.15, -0.1) is 0 Å². The van der Waals surface area contributed by atoms with Crippen LogP contribution in [-0.4, -0.2) is 32.8 Å². The van der Waals surface area contributed by atoms with Gasteiger partial charge in [0.1, 0.15) is 0 Å². The minimum atomic E-state index is -0.101. The van der Waals surface area contributed by atoms with Gasteiger partial charge in [0.25, 0.3) is 5.56 Å². The second-order valence-corrected chi connectivity index (χ2v) is 6.06. The van der Waals surface area contributed by atoms with Crippen molar-refractivity contribution in [3.8, 4) is 11.3 Å². The molecular formula is C17H14ClN5O. The van der Waals surface area contributed by atoms with Crippen LogP contribution in [0.25, 0.3) is 11.3 Å². The van der Waals surface area contributed by atoms with Crippen molar-refractivity contribution >= 4 is 17.5 Å². The summed E-state index contributed by atoms with van der Waals surface area (Å²) in [5, 5.41) is 5.03. The molecule has 0 radical (unpaired) electrons. The molecule has 0 saturated carbocycles. The number of aromatic nitrogens is 4. The van der Waals surface area contributed by atoms with Gasteiger partial charge in [-0.25, -0.2) is 14.6 Å². The first-order valence-corrected chi connectivity index (χ1v) is 7.96. The molecule has 0 N–H and O–H groups in total. The van der Waals surface area contributed by atoms with E-state index >= 15 is 0 Å². The van der Waals surface area contributed by atoms with E-state index in [-0.39, 0.29) is 11.6 Å². The molecule has 120 valence electrons. The third kappa shape index (κ3) is 2.76. The Morgan fingerprint density at radius 3 is 2.42 bits per heavy atom. The van der Waals surface area contributed by atoms with Gasteiger partial charge in [0.05, 0.1) is 29.2 Å². The standard InChI is InChI=1S/C17H14ClN5O/c18-13-8-19-17(20-9-13)22-10-14(11-22)23-16(24)7-6-15(21-23)12-4-2-1-3-5-12/h1-9,14H,10-11H2. The van der Waals surface area contributed by atoms with Gasteiger partial charge in [0, 0.05) is 24.7 Å². The van der Waals surface area contributed by atoms with Crippen molar-refractivity contribution < 1.29 is 0 Å². The molecule has 4 rings (SSSR count). The van der Waals surface area contributed by atoms with Crippen LogP contribution < -0.4 is 10.5 Å². The quantitative estimate of drug-likeness (QED) is 0.733. The van der Waals surface area contributed by atoms with Crippen LogP contribution in [0.5, 0.6) is 0 Å². The summed E-state index contributed by atoms with van der Waals surface area (Å²) in [6.45, 7) is 1.29. The van der Waals surface area contributed by atoms with Crippen LogP contribution in [0.2, 0.25) is 5.02 Å². The Kier molecular flexibility index (Phi) is 3.74. The van der Waals surface area contributed by atoms with Gasteiger partial charge in [-0.1, -0.05) is 41.9 Å². The van der Waals surface area contributed by atoms with Crippen molar-refractivity contribution in [1.29, 1.82) is 0 Å². The maximum atomic E-state index is 12.2. The van der Waals surface area contributed by atoms with Crippen molar-refractivity contribution in [1.82, 2.24) is 19.7 Å². The van der Waals surface area contributed by atoms with E-state index in [1.807, 2.05) is 35.2 Å². The van der Waals surface area contributed by atoms with E-state index < -0.39 is 0 Å². The molecule has 6 nitrogen and oxygen atoms in total. The van der Waals surface area contributed by atoms with Crippen LogP contribution >= 0.6 is 11.6 Å². The predicted octanol–water partition coefficient (Wildman–Crippen LogP) is 2.42. The molecular weight excluding hydrogens is 326 g/mol. The molecule has 0 atom stereocenters. The summed E-state index contributed by atoms with van der Waals surface area (Å²) < 4.78 is 1.55. The molecule has 1 aromatic carbocycles. The first-order valence-electron chi connectivity index (χ1n) is 7.58. The minimum Gasteiger partial charge on any atom is -0.336 e. The van der Waals surface area contributed by atoms with Gasteiger partial charge in [-0.3, -0.25) is 4.79 Å². The number of halogens is 1. The molecule has 0 spiro atoms. The Morgan fingerprint density at radius 1 is 1.00 bits per heavy atom. The van der Waals surface area contributed by atoms with E-state index in [0.717, 1.165) is 11.3 Å². The monoisotopic (exact) mass is 339 g/mol. The van der Waals surface area contributed by atoms with Gasteiger partial charge in [0.15, 0.2) is 0 Å². The zero-order valence-electron chi connectivity index (χ0n) is 12.7. The van der Waals surface area contributed by atoms with E-state index in [1.165, 1.54) is 0 Å². The van der Waals surface area contributed by atoms with E-state index in [2.05, 4.69) is 15.1 Å². The average molecular weight is 340 g/mol. The molecule has 0 amide bonds. The zero-order chi connectivity index (χ0) is 16.5. The van der Waals surface area contributed by atoms with Crippen molar-refractivity contribution in [3.63, 3.8) is 0 Å². The topological polar surface area (TPSA) is 63.9 Å². The molecule has 0 unspecified atom stereocenters. The predicted molar refractivity (Wildman–Crippen MR) is 92.2 cm³/mol. The van der Waals surface area contributed by atoms with Gasteiger partial charge >= 0.3 is 0 Å². The van der Waals surface area contributed by atoms with Crippen molar-refractivity contribution in [2.75, 3.05) is 18.0 Å². The summed E-state index contributed by atoms with van der Waals surface area (Å²) in [6.07, 6.45) is 3.13. The number of rotatable bonds is 3. The molecule has 0 aliphatic carbocycles. The highest BCUT2D eigenvalue weighted by molar-refractivity contribution is 6.30. The Hall–Kier alpha value is -2.73. The van der Waals surface area contributed by atoms with Crippen LogP contribution in [-0.2, 0) is 0 Å². The van der Waals surface area contributed by atoms with Crippen molar-refractivity contribution in [2.45, 2.75) is 6.04 Å². The SMILES string of the molecule is O=c1ccc(-c2ccccc2)nn1C1CN(c2ncc(Cl)cn2)C1. The fourth-order valence-electron chi connectivity index (χ4n) is 2.69. The lowest BCUT2D eigenvalue weighted by Gasteiger charge is -2.39. The molecule has 24 heavy (non-hydrogen) atoms. The maximum absolute atomic E-state index is 12.2. The number of nitrogens with zero attached hydrogens (tertiary/aromatic N) is 5. The van der Waals surface area contributed by atoms with Gasteiger partial charge < -0.3 is 4.90 Å². The Balaban J connectivity index is 1.55. The average Bonchev–Trinajstić information content (AvgIpc) is 2.58.